The molecule has 0 radical (unpaired) electrons. The lowest BCUT2D eigenvalue weighted by Gasteiger charge is -2.18. The van der Waals surface area contributed by atoms with Gasteiger partial charge in [-0.3, -0.25) is 4.98 Å². The molecule has 2 aromatic heterocycles. The SMILES string of the molecule is CC[C@H](N)c1ccc(N(C)Cc2ccc(Cl)s2)cn1. The van der Waals surface area contributed by atoms with E-state index >= 15 is 0 Å². The van der Waals surface area contributed by atoms with Crippen LogP contribution in [-0.2, 0) is 6.54 Å². The standard InChI is InChI=1S/C14H18ClN3S/c1-3-12(16)13-6-4-10(8-17-13)18(2)9-11-5-7-14(15)19-11/h4-8,12H,3,9,16H2,1-2H3/t12-/m0/s1. The van der Waals surface area contributed by atoms with Crippen molar-refractivity contribution in [2.75, 3.05) is 11.9 Å². The third kappa shape index (κ3) is 3.69. The van der Waals surface area contributed by atoms with Crippen molar-refractivity contribution in [3.05, 3.63) is 45.4 Å². The minimum atomic E-state index is 0.0236. The fraction of sp³-hybridized carbons (Fsp3) is 0.357. The van der Waals surface area contributed by atoms with Crippen molar-refractivity contribution in [2.24, 2.45) is 5.73 Å². The number of aromatic nitrogens is 1. The molecule has 0 unspecified atom stereocenters. The highest BCUT2D eigenvalue weighted by Crippen LogP contribution is 2.24. The largest absolute Gasteiger partial charge is 0.368 e. The van der Waals surface area contributed by atoms with Gasteiger partial charge in [-0.15, -0.1) is 11.3 Å². The Kier molecular flexibility index (Phi) is 4.80. The van der Waals surface area contributed by atoms with E-state index in [4.69, 9.17) is 17.3 Å². The second kappa shape index (κ2) is 6.37. The van der Waals surface area contributed by atoms with Crippen molar-refractivity contribution in [3.63, 3.8) is 0 Å². The number of pyridine rings is 1. The van der Waals surface area contributed by atoms with Crippen LogP contribution in [0.4, 0.5) is 5.69 Å². The van der Waals surface area contributed by atoms with E-state index in [1.807, 2.05) is 25.4 Å². The van der Waals surface area contributed by atoms with E-state index in [-0.39, 0.29) is 6.04 Å². The lowest BCUT2D eigenvalue weighted by Crippen LogP contribution is -2.16. The van der Waals surface area contributed by atoms with Gasteiger partial charge in [0.1, 0.15) is 0 Å². The monoisotopic (exact) mass is 295 g/mol. The second-order valence-electron chi connectivity index (χ2n) is 4.52. The quantitative estimate of drug-likeness (QED) is 0.911. The predicted molar refractivity (Wildman–Crippen MR) is 82.9 cm³/mol. The van der Waals surface area contributed by atoms with Gasteiger partial charge in [0.15, 0.2) is 0 Å². The number of hydrogen-bond acceptors (Lipinski definition) is 4. The Balaban J connectivity index is 2.05. The van der Waals surface area contributed by atoms with Crippen molar-refractivity contribution < 1.29 is 0 Å². The molecule has 0 saturated heterocycles. The van der Waals surface area contributed by atoms with Gasteiger partial charge in [-0.1, -0.05) is 18.5 Å². The van der Waals surface area contributed by atoms with Crippen LogP contribution in [0, 0.1) is 0 Å². The van der Waals surface area contributed by atoms with Crippen LogP contribution in [0.3, 0.4) is 0 Å². The zero-order valence-electron chi connectivity index (χ0n) is 11.1. The Hall–Kier alpha value is -1.10. The van der Waals surface area contributed by atoms with Crippen molar-refractivity contribution in [1.82, 2.24) is 4.98 Å². The molecule has 0 aliphatic rings. The summed E-state index contributed by atoms with van der Waals surface area (Å²) in [4.78, 5) is 7.82. The van der Waals surface area contributed by atoms with Gasteiger partial charge in [0.25, 0.3) is 0 Å². The number of rotatable bonds is 5. The first-order chi connectivity index (χ1) is 9.10. The van der Waals surface area contributed by atoms with Gasteiger partial charge in [-0.2, -0.15) is 0 Å². The molecule has 0 fully saturated rings. The Bertz CT molecular complexity index is 524. The molecule has 0 amide bonds. The first-order valence-electron chi connectivity index (χ1n) is 6.27. The third-order valence-electron chi connectivity index (χ3n) is 3.05. The highest BCUT2D eigenvalue weighted by Gasteiger charge is 2.08. The summed E-state index contributed by atoms with van der Waals surface area (Å²) in [6.45, 7) is 2.89. The number of hydrogen-bond donors (Lipinski definition) is 1. The molecular weight excluding hydrogens is 278 g/mol. The summed E-state index contributed by atoms with van der Waals surface area (Å²) >= 11 is 7.54. The van der Waals surface area contributed by atoms with E-state index in [1.54, 1.807) is 11.3 Å². The molecule has 0 aliphatic carbocycles. The van der Waals surface area contributed by atoms with Crippen molar-refractivity contribution >= 4 is 28.6 Å². The normalized spacial score (nSPS) is 12.4. The van der Waals surface area contributed by atoms with Crippen LogP contribution >= 0.6 is 22.9 Å². The van der Waals surface area contributed by atoms with Gasteiger partial charge in [0, 0.05) is 18.0 Å². The molecule has 0 aliphatic heterocycles. The zero-order chi connectivity index (χ0) is 13.8. The summed E-state index contributed by atoms with van der Waals surface area (Å²) in [5.41, 5.74) is 7.98. The van der Waals surface area contributed by atoms with E-state index in [0.717, 1.165) is 28.7 Å². The fourth-order valence-electron chi connectivity index (χ4n) is 1.81. The molecule has 2 rings (SSSR count). The van der Waals surface area contributed by atoms with E-state index in [9.17, 15) is 0 Å². The molecule has 3 nitrogen and oxygen atoms in total. The Morgan fingerprint density at radius 3 is 2.68 bits per heavy atom. The summed E-state index contributed by atoms with van der Waals surface area (Å²) in [6.07, 6.45) is 2.77. The molecule has 0 bridgehead atoms. The Labute approximate surface area is 123 Å². The van der Waals surface area contributed by atoms with Crippen LogP contribution < -0.4 is 10.6 Å². The second-order valence-corrected chi connectivity index (χ2v) is 6.32. The summed E-state index contributed by atoms with van der Waals surface area (Å²) < 4.78 is 0.825. The lowest BCUT2D eigenvalue weighted by atomic mass is 10.1. The topological polar surface area (TPSA) is 42.1 Å². The maximum atomic E-state index is 5.96. The fourth-order valence-corrected chi connectivity index (χ4v) is 2.95. The molecular formula is C14H18ClN3S. The van der Waals surface area contributed by atoms with Crippen LogP contribution in [0.1, 0.15) is 30.0 Å². The molecule has 2 heterocycles. The molecule has 2 aromatic rings. The minimum absolute atomic E-state index is 0.0236. The van der Waals surface area contributed by atoms with Gasteiger partial charge < -0.3 is 10.6 Å². The molecule has 102 valence electrons. The zero-order valence-corrected chi connectivity index (χ0v) is 12.7. The first-order valence-corrected chi connectivity index (χ1v) is 7.46. The van der Waals surface area contributed by atoms with Gasteiger partial charge in [-0.05, 0) is 30.7 Å². The van der Waals surface area contributed by atoms with Crippen molar-refractivity contribution in [1.29, 1.82) is 0 Å². The van der Waals surface area contributed by atoms with Gasteiger partial charge in [0.05, 0.1) is 28.5 Å². The summed E-state index contributed by atoms with van der Waals surface area (Å²) in [5, 5.41) is 0. The Morgan fingerprint density at radius 2 is 2.16 bits per heavy atom. The summed E-state index contributed by atoms with van der Waals surface area (Å²) in [7, 11) is 2.05. The van der Waals surface area contributed by atoms with Gasteiger partial charge >= 0.3 is 0 Å². The number of nitrogens with two attached hydrogens (primary N) is 1. The molecule has 0 aromatic carbocycles. The van der Waals surface area contributed by atoms with Gasteiger partial charge in [-0.25, -0.2) is 0 Å². The van der Waals surface area contributed by atoms with E-state index in [0.29, 0.717) is 0 Å². The smallest absolute Gasteiger partial charge is 0.0931 e. The highest BCUT2D eigenvalue weighted by atomic mass is 35.5. The number of anilines is 1. The average molecular weight is 296 g/mol. The average Bonchev–Trinajstić information content (AvgIpc) is 2.83. The minimum Gasteiger partial charge on any atom is -0.368 e. The van der Waals surface area contributed by atoms with Crippen LogP contribution in [0.25, 0.3) is 0 Å². The van der Waals surface area contributed by atoms with Crippen LogP contribution in [0.2, 0.25) is 4.34 Å². The Morgan fingerprint density at radius 1 is 1.37 bits per heavy atom. The maximum Gasteiger partial charge on any atom is 0.0931 e. The maximum absolute atomic E-state index is 5.96. The van der Waals surface area contributed by atoms with Crippen LogP contribution in [0.5, 0.6) is 0 Å². The number of halogens is 1. The predicted octanol–water partition coefficient (Wildman–Crippen LogP) is 3.84. The van der Waals surface area contributed by atoms with Gasteiger partial charge in [0.2, 0.25) is 0 Å². The molecule has 19 heavy (non-hydrogen) atoms. The third-order valence-corrected chi connectivity index (χ3v) is 4.27. The van der Waals surface area contributed by atoms with Crippen molar-refractivity contribution in [3.8, 4) is 0 Å². The molecule has 5 heteroatoms. The van der Waals surface area contributed by atoms with Crippen LogP contribution in [0.15, 0.2) is 30.5 Å². The lowest BCUT2D eigenvalue weighted by molar-refractivity contribution is 0.675. The summed E-state index contributed by atoms with van der Waals surface area (Å²) in [5.74, 6) is 0. The van der Waals surface area contributed by atoms with Crippen molar-refractivity contribution in [2.45, 2.75) is 25.9 Å². The first kappa shape index (κ1) is 14.3. The number of thiophene rings is 1. The summed E-state index contributed by atoms with van der Waals surface area (Å²) in [6, 6.07) is 8.07. The molecule has 0 saturated carbocycles. The number of nitrogens with zero attached hydrogens (tertiary/aromatic N) is 2. The molecule has 1 atom stereocenters. The molecule has 0 spiro atoms. The highest BCUT2D eigenvalue weighted by molar-refractivity contribution is 7.16. The van der Waals surface area contributed by atoms with E-state index in [1.165, 1.54) is 4.88 Å². The van der Waals surface area contributed by atoms with E-state index < -0.39 is 0 Å². The van der Waals surface area contributed by atoms with Crippen LogP contribution in [-0.4, -0.2) is 12.0 Å². The molecule has 2 N–H and O–H groups in total. The van der Waals surface area contributed by atoms with E-state index in [2.05, 4.69) is 28.9 Å².